The number of ether oxygens (including phenoxy) is 2. The number of hydrogen-bond donors (Lipinski definition) is 0. The molecule has 2 aromatic rings. The van der Waals surface area contributed by atoms with Gasteiger partial charge in [0.2, 0.25) is 0 Å². The summed E-state index contributed by atoms with van der Waals surface area (Å²) in [4.78, 5) is 26.2. The molecule has 2 heterocycles. The van der Waals surface area contributed by atoms with E-state index < -0.39 is 16.0 Å². The molecule has 0 spiro atoms. The third-order valence-electron chi connectivity index (χ3n) is 5.83. The van der Waals surface area contributed by atoms with Gasteiger partial charge in [0.1, 0.15) is 0 Å². The molecule has 1 fully saturated rings. The zero-order valence-electron chi connectivity index (χ0n) is 19.2. The number of anilines is 1. The van der Waals surface area contributed by atoms with Gasteiger partial charge >= 0.3 is 5.97 Å². The monoisotopic (exact) mass is 484 g/mol. The Morgan fingerprint density at radius 2 is 1.74 bits per heavy atom. The van der Waals surface area contributed by atoms with Gasteiger partial charge in [0, 0.05) is 25.7 Å². The van der Waals surface area contributed by atoms with Crippen LogP contribution >= 0.6 is 0 Å². The molecule has 1 saturated heterocycles. The van der Waals surface area contributed by atoms with Gasteiger partial charge in [-0.05, 0) is 55.7 Å². The van der Waals surface area contributed by atoms with E-state index in [1.807, 2.05) is 38.1 Å². The lowest BCUT2D eigenvalue weighted by Crippen LogP contribution is -2.49. The average molecular weight is 485 g/mol. The molecular formula is C25H28N2O6S. The molecule has 180 valence electrons. The van der Waals surface area contributed by atoms with Crippen LogP contribution in [0.25, 0.3) is 6.08 Å². The minimum Gasteiger partial charge on any atom is -0.452 e. The van der Waals surface area contributed by atoms with E-state index in [2.05, 4.69) is 0 Å². The van der Waals surface area contributed by atoms with Crippen molar-refractivity contribution in [3.63, 3.8) is 0 Å². The van der Waals surface area contributed by atoms with Crippen LogP contribution in [-0.4, -0.2) is 63.6 Å². The maximum absolute atomic E-state index is 13.1. The fourth-order valence-corrected chi connectivity index (χ4v) is 5.76. The van der Waals surface area contributed by atoms with E-state index in [0.29, 0.717) is 37.3 Å². The Kier molecular flexibility index (Phi) is 7.04. The van der Waals surface area contributed by atoms with Gasteiger partial charge in [0.25, 0.3) is 15.9 Å². The minimum absolute atomic E-state index is 0.0599. The fourth-order valence-electron chi connectivity index (χ4n) is 4.25. The predicted octanol–water partition coefficient (Wildman–Crippen LogP) is 2.63. The molecule has 0 radical (unpaired) electrons. The van der Waals surface area contributed by atoms with Gasteiger partial charge in [-0.1, -0.05) is 30.3 Å². The van der Waals surface area contributed by atoms with E-state index in [1.54, 1.807) is 17.0 Å². The maximum atomic E-state index is 13.1. The van der Waals surface area contributed by atoms with Crippen molar-refractivity contribution in [2.45, 2.75) is 37.4 Å². The Labute approximate surface area is 199 Å². The molecule has 9 heteroatoms. The maximum Gasteiger partial charge on any atom is 0.331 e. The van der Waals surface area contributed by atoms with Crippen molar-refractivity contribution < 1.29 is 27.5 Å². The van der Waals surface area contributed by atoms with Crippen LogP contribution in [0.5, 0.6) is 0 Å². The van der Waals surface area contributed by atoms with Gasteiger partial charge in [-0.3, -0.25) is 9.10 Å². The van der Waals surface area contributed by atoms with Gasteiger partial charge in [-0.25, -0.2) is 13.2 Å². The molecule has 2 atom stereocenters. The lowest BCUT2D eigenvalue weighted by Gasteiger charge is -2.35. The Morgan fingerprint density at radius 3 is 2.44 bits per heavy atom. The lowest BCUT2D eigenvalue weighted by atomic mass is 10.2. The molecule has 2 aliphatic rings. The van der Waals surface area contributed by atoms with E-state index >= 15 is 0 Å². The SMILES string of the molecule is CC1CN(C(=O)COC(=O)/C=C/c2ccc(S(=O)(=O)N3CCc4ccccc43)cc2)CC(C)O1. The smallest absolute Gasteiger partial charge is 0.331 e. The van der Waals surface area contributed by atoms with Crippen LogP contribution in [0.2, 0.25) is 0 Å². The second-order valence-electron chi connectivity index (χ2n) is 8.52. The molecule has 2 unspecified atom stereocenters. The van der Waals surface area contributed by atoms with Gasteiger partial charge < -0.3 is 14.4 Å². The zero-order chi connectivity index (χ0) is 24.3. The highest BCUT2D eigenvalue weighted by Crippen LogP contribution is 2.32. The number of esters is 1. The molecule has 0 aliphatic carbocycles. The summed E-state index contributed by atoms with van der Waals surface area (Å²) in [6.45, 7) is 4.80. The normalized spacial score (nSPS) is 20.4. The van der Waals surface area contributed by atoms with E-state index in [9.17, 15) is 18.0 Å². The van der Waals surface area contributed by atoms with E-state index in [-0.39, 0.29) is 29.6 Å². The predicted molar refractivity (Wildman–Crippen MR) is 128 cm³/mol. The second kappa shape index (κ2) is 9.99. The number of sulfonamides is 1. The first-order chi connectivity index (χ1) is 16.2. The third-order valence-corrected chi connectivity index (χ3v) is 7.66. The van der Waals surface area contributed by atoms with Crippen LogP contribution < -0.4 is 4.31 Å². The summed E-state index contributed by atoms with van der Waals surface area (Å²) in [6.07, 6.45) is 3.31. The Bertz CT molecular complexity index is 1180. The number of hydrogen-bond acceptors (Lipinski definition) is 6. The van der Waals surface area contributed by atoms with Crippen molar-refractivity contribution in [1.82, 2.24) is 4.90 Å². The van der Waals surface area contributed by atoms with Gasteiger partial charge in [0.05, 0.1) is 22.8 Å². The van der Waals surface area contributed by atoms with Gasteiger partial charge in [-0.15, -0.1) is 0 Å². The van der Waals surface area contributed by atoms with Crippen molar-refractivity contribution in [1.29, 1.82) is 0 Å². The summed E-state index contributed by atoms with van der Waals surface area (Å²) in [5.41, 5.74) is 2.37. The standard InChI is InChI=1S/C25H28N2O6S/c1-18-15-26(16-19(2)33-18)24(28)17-32-25(29)12-9-20-7-10-22(11-8-20)34(30,31)27-14-13-21-5-3-4-6-23(21)27/h3-12,18-19H,13-17H2,1-2H3/b12-9+. The number of morpholine rings is 1. The number of carbonyl (C=O) groups excluding carboxylic acids is 2. The number of carbonyl (C=O) groups is 2. The second-order valence-corrected chi connectivity index (χ2v) is 10.4. The van der Waals surface area contributed by atoms with Crippen molar-refractivity contribution in [3.05, 3.63) is 65.7 Å². The molecule has 2 aliphatic heterocycles. The summed E-state index contributed by atoms with van der Waals surface area (Å²) in [6, 6.07) is 13.8. The molecule has 0 N–H and O–H groups in total. The van der Waals surface area contributed by atoms with Crippen LogP contribution in [0, 0.1) is 0 Å². The van der Waals surface area contributed by atoms with Crippen molar-refractivity contribution >= 4 is 33.7 Å². The van der Waals surface area contributed by atoms with Crippen LogP contribution in [0.3, 0.4) is 0 Å². The molecule has 0 saturated carbocycles. The number of rotatable bonds is 6. The number of nitrogens with zero attached hydrogens (tertiary/aromatic N) is 2. The van der Waals surface area contributed by atoms with Crippen LogP contribution in [0.15, 0.2) is 59.5 Å². The van der Waals surface area contributed by atoms with Crippen molar-refractivity contribution in [3.8, 4) is 0 Å². The summed E-state index contributed by atoms with van der Waals surface area (Å²) in [5, 5.41) is 0. The highest BCUT2D eigenvalue weighted by molar-refractivity contribution is 7.92. The Balaban J connectivity index is 1.33. The molecule has 34 heavy (non-hydrogen) atoms. The highest BCUT2D eigenvalue weighted by Gasteiger charge is 2.30. The quantitative estimate of drug-likeness (QED) is 0.462. The molecule has 0 aromatic heterocycles. The van der Waals surface area contributed by atoms with E-state index in [0.717, 1.165) is 5.56 Å². The third kappa shape index (κ3) is 5.31. The first-order valence-corrected chi connectivity index (χ1v) is 12.7. The van der Waals surface area contributed by atoms with Crippen LogP contribution in [0.4, 0.5) is 5.69 Å². The number of benzene rings is 2. The Hall–Kier alpha value is -3.17. The number of para-hydroxylation sites is 1. The summed E-state index contributed by atoms with van der Waals surface area (Å²) >= 11 is 0. The van der Waals surface area contributed by atoms with Gasteiger partial charge in [-0.2, -0.15) is 0 Å². The summed E-state index contributed by atoms with van der Waals surface area (Å²) < 4.78 is 38.3. The largest absolute Gasteiger partial charge is 0.452 e. The lowest BCUT2D eigenvalue weighted by molar-refractivity contribution is -0.154. The van der Waals surface area contributed by atoms with Gasteiger partial charge in [0.15, 0.2) is 6.61 Å². The first-order valence-electron chi connectivity index (χ1n) is 11.2. The summed E-state index contributed by atoms with van der Waals surface area (Å²) in [7, 11) is -3.67. The minimum atomic E-state index is -3.67. The molecule has 0 bridgehead atoms. The van der Waals surface area contributed by atoms with E-state index in [1.165, 1.54) is 28.6 Å². The van der Waals surface area contributed by atoms with Crippen molar-refractivity contribution in [2.24, 2.45) is 0 Å². The Morgan fingerprint density at radius 1 is 1.06 bits per heavy atom. The molecule has 8 nitrogen and oxygen atoms in total. The summed E-state index contributed by atoms with van der Waals surface area (Å²) in [5.74, 6) is -0.908. The number of amides is 1. The average Bonchev–Trinajstić information content (AvgIpc) is 3.26. The molecule has 4 rings (SSSR count). The van der Waals surface area contributed by atoms with Crippen molar-refractivity contribution in [2.75, 3.05) is 30.5 Å². The highest BCUT2D eigenvalue weighted by atomic mass is 32.2. The van der Waals surface area contributed by atoms with Crippen LogP contribution in [0.1, 0.15) is 25.0 Å². The fraction of sp³-hybridized carbons (Fsp3) is 0.360. The first kappa shape index (κ1) is 24.0. The molecule has 2 aromatic carbocycles. The van der Waals surface area contributed by atoms with E-state index in [4.69, 9.17) is 9.47 Å². The zero-order valence-corrected chi connectivity index (χ0v) is 20.0. The van der Waals surface area contributed by atoms with Crippen LogP contribution in [-0.2, 0) is 35.5 Å². The number of fused-ring (bicyclic) bond motifs is 1. The molecular weight excluding hydrogens is 456 g/mol. The topological polar surface area (TPSA) is 93.2 Å². The molecule has 1 amide bonds.